The Hall–Kier alpha value is -1.62. The number of ether oxygens (including phenoxy) is 1. The molecule has 132 valence electrons. The Kier molecular flexibility index (Phi) is 5.39. The first-order chi connectivity index (χ1) is 11.7. The second-order valence-corrected chi connectivity index (χ2v) is 6.95. The van der Waals surface area contributed by atoms with Gasteiger partial charge in [-0.25, -0.2) is 4.39 Å². The molecule has 1 saturated heterocycles. The molecule has 1 N–H and O–H groups in total. The first-order valence-corrected chi connectivity index (χ1v) is 8.96. The van der Waals surface area contributed by atoms with Crippen LogP contribution >= 0.6 is 0 Å². The molecule has 1 aromatic carbocycles. The van der Waals surface area contributed by atoms with Crippen molar-refractivity contribution in [3.63, 3.8) is 0 Å². The highest BCUT2D eigenvalue weighted by Gasteiger charge is 2.44. The number of aliphatic imine (C=N–C) groups is 1. The van der Waals surface area contributed by atoms with Crippen LogP contribution in [0.25, 0.3) is 0 Å². The molecule has 0 spiro atoms. The molecule has 1 saturated carbocycles. The summed E-state index contributed by atoms with van der Waals surface area (Å²) in [5, 5.41) is 3.52. The highest BCUT2D eigenvalue weighted by molar-refractivity contribution is 5.80. The topological polar surface area (TPSA) is 36.9 Å². The van der Waals surface area contributed by atoms with Crippen LogP contribution in [-0.2, 0) is 10.2 Å². The Bertz CT molecular complexity index is 586. The summed E-state index contributed by atoms with van der Waals surface area (Å²) in [5.41, 5.74) is 1.17. The second-order valence-electron chi connectivity index (χ2n) is 6.95. The summed E-state index contributed by atoms with van der Waals surface area (Å²) >= 11 is 0. The van der Waals surface area contributed by atoms with E-state index in [0.29, 0.717) is 5.92 Å². The second kappa shape index (κ2) is 7.51. The summed E-state index contributed by atoms with van der Waals surface area (Å²) in [6.45, 7) is 6.47. The lowest BCUT2D eigenvalue weighted by Gasteiger charge is -2.24. The first-order valence-electron chi connectivity index (χ1n) is 8.96. The van der Waals surface area contributed by atoms with Crippen molar-refractivity contribution in [2.24, 2.45) is 10.9 Å². The number of likely N-dealkylation sites (tertiary alicyclic amines) is 1. The number of benzene rings is 1. The van der Waals surface area contributed by atoms with Gasteiger partial charge in [0.2, 0.25) is 0 Å². The number of hydrogen-bond donors (Lipinski definition) is 1. The first kappa shape index (κ1) is 17.2. The van der Waals surface area contributed by atoms with Gasteiger partial charge in [0, 0.05) is 44.6 Å². The molecule has 0 aromatic heterocycles. The van der Waals surface area contributed by atoms with Crippen LogP contribution < -0.4 is 5.32 Å². The van der Waals surface area contributed by atoms with E-state index in [2.05, 4.69) is 15.2 Å². The predicted octanol–water partition coefficient (Wildman–Crippen LogP) is 2.79. The Balaban J connectivity index is 1.55. The van der Waals surface area contributed by atoms with Crippen LogP contribution in [0.5, 0.6) is 0 Å². The van der Waals surface area contributed by atoms with Gasteiger partial charge in [-0.2, -0.15) is 0 Å². The number of rotatable bonds is 6. The third-order valence-electron chi connectivity index (χ3n) is 5.23. The number of nitrogens with one attached hydrogen (secondary N) is 1. The summed E-state index contributed by atoms with van der Waals surface area (Å²) in [5.74, 6) is 1.39. The fourth-order valence-electron chi connectivity index (χ4n) is 3.56. The van der Waals surface area contributed by atoms with Crippen molar-refractivity contribution in [2.75, 3.05) is 39.9 Å². The average Bonchev–Trinajstić information content (AvgIpc) is 3.24. The van der Waals surface area contributed by atoms with Crippen LogP contribution in [0.2, 0.25) is 0 Å². The van der Waals surface area contributed by atoms with E-state index in [4.69, 9.17) is 4.74 Å². The Morgan fingerprint density at radius 3 is 2.96 bits per heavy atom. The largest absolute Gasteiger partial charge is 0.381 e. The molecule has 1 heterocycles. The van der Waals surface area contributed by atoms with Crippen molar-refractivity contribution in [3.05, 3.63) is 35.6 Å². The third kappa shape index (κ3) is 3.89. The molecule has 24 heavy (non-hydrogen) atoms. The predicted molar refractivity (Wildman–Crippen MR) is 94.8 cm³/mol. The standard InChI is InChI=1S/C19H28FN3O/c1-3-24-13-15-7-10-23(12-15)18(21-2)22-14-19(8-9-19)16-5-4-6-17(20)11-16/h4-6,11,15H,3,7-10,12-14H2,1-2H3,(H,21,22). The van der Waals surface area contributed by atoms with Crippen LogP contribution in [0.1, 0.15) is 31.7 Å². The van der Waals surface area contributed by atoms with Gasteiger partial charge in [0.25, 0.3) is 0 Å². The third-order valence-corrected chi connectivity index (χ3v) is 5.23. The smallest absolute Gasteiger partial charge is 0.193 e. The Morgan fingerprint density at radius 1 is 1.46 bits per heavy atom. The van der Waals surface area contributed by atoms with E-state index in [1.807, 2.05) is 20.0 Å². The SMILES string of the molecule is CCOCC1CCN(C(=NC)NCC2(c3cccc(F)c3)CC2)C1. The minimum atomic E-state index is -0.151. The summed E-state index contributed by atoms with van der Waals surface area (Å²) in [6.07, 6.45) is 3.36. The summed E-state index contributed by atoms with van der Waals surface area (Å²) in [7, 11) is 1.83. The maximum Gasteiger partial charge on any atom is 0.193 e. The summed E-state index contributed by atoms with van der Waals surface area (Å²) in [6, 6.07) is 7.02. The van der Waals surface area contributed by atoms with Gasteiger partial charge in [-0.15, -0.1) is 0 Å². The van der Waals surface area contributed by atoms with Gasteiger partial charge in [-0.05, 0) is 43.9 Å². The van der Waals surface area contributed by atoms with Gasteiger partial charge in [0.15, 0.2) is 5.96 Å². The minimum absolute atomic E-state index is 0.0719. The molecule has 0 radical (unpaired) electrons. The quantitative estimate of drug-likeness (QED) is 0.642. The van der Waals surface area contributed by atoms with Gasteiger partial charge in [-0.1, -0.05) is 12.1 Å². The lowest BCUT2D eigenvalue weighted by molar-refractivity contribution is 0.114. The van der Waals surface area contributed by atoms with Crippen molar-refractivity contribution >= 4 is 5.96 Å². The van der Waals surface area contributed by atoms with Gasteiger partial charge in [0.1, 0.15) is 5.82 Å². The van der Waals surface area contributed by atoms with E-state index in [9.17, 15) is 4.39 Å². The lowest BCUT2D eigenvalue weighted by atomic mass is 9.96. The van der Waals surface area contributed by atoms with E-state index in [-0.39, 0.29) is 11.2 Å². The normalized spacial score (nSPS) is 22.7. The van der Waals surface area contributed by atoms with Gasteiger partial charge >= 0.3 is 0 Å². The van der Waals surface area contributed by atoms with E-state index in [0.717, 1.165) is 63.6 Å². The van der Waals surface area contributed by atoms with Crippen LogP contribution in [-0.4, -0.2) is 50.8 Å². The zero-order valence-electron chi connectivity index (χ0n) is 14.7. The molecule has 2 aliphatic rings. The number of guanidine groups is 1. The van der Waals surface area contributed by atoms with E-state index >= 15 is 0 Å². The molecule has 0 bridgehead atoms. The number of halogens is 1. The van der Waals surface area contributed by atoms with Crippen LogP contribution in [0.4, 0.5) is 4.39 Å². The number of hydrogen-bond acceptors (Lipinski definition) is 2. The molecular formula is C19H28FN3O. The maximum absolute atomic E-state index is 13.5. The molecule has 1 aliphatic carbocycles. The summed E-state index contributed by atoms with van der Waals surface area (Å²) in [4.78, 5) is 6.75. The van der Waals surface area contributed by atoms with Gasteiger partial charge in [0.05, 0.1) is 6.61 Å². The molecule has 3 rings (SSSR count). The highest BCUT2D eigenvalue weighted by atomic mass is 19.1. The molecule has 5 heteroatoms. The van der Waals surface area contributed by atoms with Crippen molar-refractivity contribution in [2.45, 2.75) is 31.6 Å². The van der Waals surface area contributed by atoms with E-state index < -0.39 is 0 Å². The van der Waals surface area contributed by atoms with E-state index in [1.54, 1.807) is 12.1 Å². The van der Waals surface area contributed by atoms with Crippen LogP contribution in [0.3, 0.4) is 0 Å². The molecule has 0 amide bonds. The van der Waals surface area contributed by atoms with Crippen molar-refractivity contribution < 1.29 is 9.13 Å². The monoisotopic (exact) mass is 333 g/mol. The average molecular weight is 333 g/mol. The molecule has 1 aliphatic heterocycles. The fraction of sp³-hybridized carbons (Fsp3) is 0.632. The number of nitrogens with zero attached hydrogens (tertiary/aromatic N) is 2. The van der Waals surface area contributed by atoms with Gasteiger partial charge in [-0.3, -0.25) is 4.99 Å². The molecule has 2 fully saturated rings. The summed E-state index contributed by atoms with van der Waals surface area (Å²) < 4.78 is 19.1. The maximum atomic E-state index is 13.5. The van der Waals surface area contributed by atoms with Crippen molar-refractivity contribution in [1.29, 1.82) is 0 Å². The van der Waals surface area contributed by atoms with Crippen LogP contribution in [0.15, 0.2) is 29.3 Å². The fourth-order valence-corrected chi connectivity index (χ4v) is 3.56. The molecular weight excluding hydrogens is 305 g/mol. The van der Waals surface area contributed by atoms with E-state index in [1.165, 1.54) is 6.07 Å². The Morgan fingerprint density at radius 2 is 2.29 bits per heavy atom. The highest BCUT2D eigenvalue weighted by Crippen LogP contribution is 2.47. The zero-order valence-corrected chi connectivity index (χ0v) is 14.7. The van der Waals surface area contributed by atoms with Gasteiger partial charge < -0.3 is 15.0 Å². The minimum Gasteiger partial charge on any atom is -0.381 e. The van der Waals surface area contributed by atoms with Crippen LogP contribution in [0, 0.1) is 11.7 Å². The molecule has 1 unspecified atom stereocenters. The zero-order chi connectivity index (χ0) is 17.0. The lowest BCUT2D eigenvalue weighted by Crippen LogP contribution is -2.43. The molecule has 4 nitrogen and oxygen atoms in total. The molecule has 1 aromatic rings. The Labute approximate surface area is 144 Å². The van der Waals surface area contributed by atoms with Crippen molar-refractivity contribution in [3.8, 4) is 0 Å². The van der Waals surface area contributed by atoms with Crippen molar-refractivity contribution in [1.82, 2.24) is 10.2 Å². The molecule has 1 atom stereocenters.